The smallest absolute Gasteiger partial charge is 0.326 e. The van der Waals surface area contributed by atoms with Gasteiger partial charge in [-0.05, 0) is 59.2 Å². The number of aromatic nitrogens is 2. The summed E-state index contributed by atoms with van der Waals surface area (Å²) in [7, 11) is 0. The maximum atomic E-state index is 13.7. The fraction of sp³-hybridized carbons (Fsp3) is 0.185. The zero-order valence-electron chi connectivity index (χ0n) is 19.1. The number of carbonyl (C=O) groups excluding carboxylic acids is 1. The van der Waals surface area contributed by atoms with Gasteiger partial charge in [0.25, 0.3) is 0 Å². The van der Waals surface area contributed by atoms with Crippen molar-refractivity contribution in [1.82, 2.24) is 19.8 Å². The highest BCUT2D eigenvalue weighted by Gasteiger charge is 2.26. The number of pyridine rings is 1. The molecule has 1 N–H and O–H groups in total. The van der Waals surface area contributed by atoms with Gasteiger partial charge in [-0.25, -0.2) is 14.2 Å². The Bertz CT molecular complexity index is 1490. The zero-order valence-corrected chi connectivity index (χ0v) is 22.2. The van der Waals surface area contributed by atoms with Gasteiger partial charge in [-0.3, -0.25) is 9.47 Å². The molecule has 184 valence electrons. The van der Waals surface area contributed by atoms with Crippen LogP contribution < -0.4 is 5.32 Å². The van der Waals surface area contributed by atoms with Gasteiger partial charge in [-0.15, -0.1) is 0 Å². The number of benzene rings is 2. The van der Waals surface area contributed by atoms with Crippen LogP contribution in [0.25, 0.3) is 17.0 Å². The maximum Gasteiger partial charge on any atom is 0.326 e. The summed E-state index contributed by atoms with van der Waals surface area (Å²) in [4.78, 5) is 19.6. The highest BCUT2D eigenvalue weighted by atomic mass is 79.9. The molecule has 4 aromatic rings. The number of halogens is 4. The maximum absolute atomic E-state index is 13.7. The summed E-state index contributed by atoms with van der Waals surface area (Å²) < 4.78 is 16.5. The molecule has 0 aliphatic carbocycles. The number of hydrogen-bond acceptors (Lipinski definition) is 3. The molecule has 2 aromatic carbocycles. The van der Waals surface area contributed by atoms with E-state index in [1.54, 1.807) is 29.0 Å². The van der Waals surface area contributed by atoms with Crippen LogP contribution in [0.1, 0.15) is 22.4 Å². The van der Waals surface area contributed by atoms with Crippen LogP contribution in [0.4, 0.5) is 9.18 Å². The molecule has 0 saturated heterocycles. The number of fused-ring (bicyclic) bond motifs is 3. The van der Waals surface area contributed by atoms with Crippen LogP contribution in [0.15, 0.2) is 65.3 Å². The molecule has 1 aliphatic rings. The van der Waals surface area contributed by atoms with E-state index in [4.69, 9.17) is 23.2 Å². The first-order valence-electron chi connectivity index (χ1n) is 11.4. The molecule has 5 nitrogen and oxygen atoms in total. The van der Waals surface area contributed by atoms with Crippen molar-refractivity contribution in [3.05, 3.63) is 104 Å². The number of rotatable bonds is 5. The lowest BCUT2D eigenvalue weighted by molar-refractivity contribution is 0.240. The molecule has 1 amide bonds. The fourth-order valence-corrected chi connectivity index (χ4v) is 5.21. The lowest BCUT2D eigenvalue weighted by Crippen LogP contribution is -2.34. The minimum Gasteiger partial charge on any atom is -0.333 e. The Morgan fingerprint density at radius 2 is 2.03 bits per heavy atom. The van der Waals surface area contributed by atoms with Gasteiger partial charge in [0.05, 0.1) is 10.5 Å². The van der Waals surface area contributed by atoms with Gasteiger partial charge in [0.15, 0.2) is 0 Å². The van der Waals surface area contributed by atoms with E-state index in [2.05, 4.69) is 37.2 Å². The lowest BCUT2D eigenvalue weighted by atomic mass is 10.0. The van der Waals surface area contributed by atoms with Crippen LogP contribution in [0, 0.1) is 5.82 Å². The van der Waals surface area contributed by atoms with Crippen LogP contribution in [-0.2, 0) is 19.5 Å². The summed E-state index contributed by atoms with van der Waals surface area (Å²) in [5.74, 6) is -0.426. The molecule has 1 aliphatic heterocycles. The second kappa shape index (κ2) is 10.7. The van der Waals surface area contributed by atoms with E-state index in [0.29, 0.717) is 24.8 Å². The van der Waals surface area contributed by atoms with Crippen LogP contribution in [0.2, 0.25) is 10.2 Å². The molecular formula is C27H22BrCl2FN4O. The SMILES string of the molecule is O=C(NCc1ccnc(Cl)c1)n1c2c(c3cc(Br)ccc31)CN(C/C=C/c1ccc(Cl)c(F)c1)CC2. The second-order valence-electron chi connectivity index (χ2n) is 8.63. The summed E-state index contributed by atoms with van der Waals surface area (Å²) in [5.41, 5.74) is 4.69. The van der Waals surface area contributed by atoms with Crippen molar-refractivity contribution in [3.63, 3.8) is 0 Å². The van der Waals surface area contributed by atoms with E-state index in [-0.39, 0.29) is 11.1 Å². The molecule has 0 spiro atoms. The van der Waals surface area contributed by atoms with Crippen molar-refractivity contribution in [2.75, 3.05) is 13.1 Å². The Balaban J connectivity index is 1.36. The first-order chi connectivity index (χ1) is 17.4. The molecule has 0 atom stereocenters. The third-order valence-electron chi connectivity index (χ3n) is 6.24. The summed E-state index contributed by atoms with van der Waals surface area (Å²) in [5, 5.41) is 4.58. The van der Waals surface area contributed by atoms with Gasteiger partial charge in [0, 0.05) is 54.3 Å². The first kappa shape index (κ1) is 25.0. The van der Waals surface area contributed by atoms with Gasteiger partial charge in [-0.1, -0.05) is 57.4 Å². The molecule has 2 aromatic heterocycles. The number of carbonyl (C=O) groups is 1. The first-order valence-corrected chi connectivity index (χ1v) is 13.0. The molecule has 0 radical (unpaired) electrons. The van der Waals surface area contributed by atoms with Crippen molar-refractivity contribution in [2.45, 2.75) is 19.5 Å². The monoisotopic (exact) mass is 586 g/mol. The Morgan fingerprint density at radius 3 is 2.83 bits per heavy atom. The normalized spacial score (nSPS) is 13.9. The van der Waals surface area contributed by atoms with E-state index in [1.807, 2.05) is 30.4 Å². The van der Waals surface area contributed by atoms with Crippen LogP contribution in [-0.4, -0.2) is 33.6 Å². The summed E-state index contributed by atoms with van der Waals surface area (Å²) >= 11 is 15.3. The highest BCUT2D eigenvalue weighted by Crippen LogP contribution is 2.33. The average Bonchev–Trinajstić information content (AvgIpc) is 3.18. The topological polar surface area (TPSA) is 50.2 Å². The average molecular weight is 588 g/mol. The van der Waals surface area contributed by atoms with Gasteiger partial charge >= 0.3 is 6.03 Å². The Morgan fingerprint density at radius 1 is 1.17 bits per heavy atom. The predicted octanol–water partition coefficient (Wildman–Crippen LogP) is 7.07. The molecule has 0 bridgehead atoms. The number of nitrogens with one attached hydrogen (secondary N) is 1. The number of nitrogens with zero attached hydrogens (tertiary/aromatic N) is 3. The van der Waals surface area contributed by atoms with E-state index >= 15 is 0 Å². The minimum absolute atomic E-state index is 0.117. The number of hydrogen-bond donors (Lipinski definition) is 1. The summed E-state index contributed by atoms with van der Waals surface area (Å²) in [6.45, 7) is 2.58. The van der Waals surface area contributed by atoms with Crippen molar-refractivity contribution in [2.24, 2.45) is 0 Å². The van der Waals surface area contributed by atoms with Crippen LogP contribution in [0.5, 0.6) is 0 Å². The number of amides is 1. The molecule has 9 heteroatoms. The fourth-order valence-electron chi connectivity index (χ4n) is 4.54. The third-order valence-corrected chi connectivity index (χ3v) is 7.25. The summed E-state index contributed by atoms with van der Waals surface area (Å²) in [6.07, 6.45) is 6.28. The van der Waals surface area contributed by atoms with E-state index in [9.17, 15) is 9.18 Å². The molecule has 0 unspecified atom stereocenters. The predicted molar refractivity (Wildman–Crippen MR) is 146 cm³/mol. The second-order valence-corrected chi connectivity index (χ2v) is 10.3. The molecule has 0 saturated carbocycles. The van der Waals surface area contributed by atoms with E-state index in [1.165, 1.54) is 6.07 Å². The molecule has 0 fully saturated rings. The summed E-state index contributed by atoms with van der Waals surface area (Å²) in [6, 6.07) is 14.2. The molecule has 3 heterocycles. The van der Waals surface area contributed by atoms with Crippen LogP contribution >= 0.6 is 39.1 Å². The quantitative estimate of drug-likeness (QED) is 0.254. The molecular weight excluding hydrogens is 566 g/mol. The van der Waals surface area contributed by atoms with Crippen LogP contribution in [0.3, 0.4) is 0 Å². The van der Waals surface area contributed by atoms with Crippen molar-refractivity contribution in [3.8, 4) is 0 Å². The Labute approximate surface area is 226 Å². The molecule has 36 heavy (non-hydrogen) atoms. The highest BCUT2D eigenvalue weighted by molar-refractivity contribution is 9.10. The van der Waals surface area contributed by atoms with Crippen molar-refractivity contribution in [1.29, 1.82) is 0 Å². The molecule has 5 rings (SSSR count). The van der Waals surface area contributed by atoms with Crippen molar-refractivity contribution >= 4 is 62.1 Å². The van der Waals surface area contributed by atoms with Crippen molar-refractivity contribution < 1.29 is 9.18 Å². The minimum atomic E-state index is -0.426. The Kier molecular flexibility index (Phi) is 7.44. The van der Waals surface area contributed by atoms with Gasteiger partial charge < -0.3 is 5.32 Å². The van der Waals surface area contributed by atoms with Gasteiger partial charge in [-0.2, -0.15) is 0 Å². The zero-order chi connectivity index (χ0) is 25.2. The largest absolute Gasteiger partial charge is 0.333 e. The Hall–Kier alpha value is -2.71. The van der Waals surface area contributed by atoms with Gasteiger partial charge in [0.2, 0.25) is 0 Å². The standard InChI is InChI=1S/C27H22BrCl2FN4O/c28-19-4-6-24-20(14-19)21-16-34(10-1-2-17-3-5-22(29)23(31)12-17)11-8-25(21)35(24)27(36)33-15-18-7-9-32-26(30)13-18/h1-7,9,12-14H,8,10-11,15-16H2,(H,33,36)/b2-1+. The van der Waals surface area contributed by atoms with E-state index < -0.39 is 5.82 Å². The third kappa shape index (κ3) is 5.34. The van der Waals surface area contributed by atoms with E-state index in [0.717, 1.165) is 50.7 Å². The van der Waals surface area contributed by atoms with Gasteiger partial charge in [0.1, 0.15) is 11.0 Å². The lowest BCUT2D eigenvalue weighted by Gasteiger charge is -2.27.